The first-order valence-corrected chi connectivity index (χ1v) is 15.7. The second kappa shape index (κ2) is 23.4. The molecule has 1 aliphatic carbocycles. The zero-order chi connectivity index (χ0) is 28.0. The Labute approximate surface area is 238 Å². The van der Waals surface area contributed by atoms with E-state index in [4.69, 9.17) is 4.74 Å². The summed E-state index contributed by atoms with van der Waals surface area (Å²) in [6.07, 6.45) is 11.3. The topological polar surface area (TPSA) is 40.7 Å². The summed E-state index contributed by atoms with van der Waals surface area (Å²) >= 11 is 0. The molecule has 8 heteroatoms. The number of ether oxygens (including phenoxy) is 1. The van der Waals surface area contributed by atoms with E-state index in [2.05, 4.69) is 77.0 Å². The van der Waals surface area contributed by atoms with E-state index in [-0.39, 0.29) is 0 Å². The zero-order valence-corrected chi connectivity index (χ0v) is 26.7. The summed E-state index contributed by atoms with van der Waals surface area (Å²) in [6, 6.07) is 0.884. The first-order valence-electron chi connectivity index (χ1n) is 15.7. The van der Waals surface area contributed by atoms with E-state index in [1.54, 1.807) is 0 Å². The molecule has 0 aromatic rings. The number of hydrogen-bond donors (Lipinski definition) is 1. The van der Waals surface area contributed by atoms with Crippen LogP contribution in [0.25, 0.3) is 0 Å². The summed E-state index contributed by atoms with van der Waals surface area (Å²) < 4.78 is 5.10. The Morgan fingerprint density at radius 1 is 0.421 bits per heavy atom. The monoisotopic (exact) mass is 542 g/mol. The average molecular weight is 542 g/mol. The highest BCUT2D eigenvalue weighted by atomic mass is 16.5. The van der Waals surface area contributed by atoms with Crippen LogP contribution in [-0.4, -0.2) is 177 Å². The van der Waals surface area contributed by atoms with Crippen LogP contribution in [0.3, 0.4) is 0 Å². The number of likely N-dealkylation sites (tertiary alicyclic amines) is 3. The number of nitrogens with one attached hydrogen (secondary N) is 1. The lowest BCUT2D eigenvalue weighted by molar-refractivity contribution is 0.0503. The first-order chi connectivity index (χ1) is 18.3. The molecule has 0 atom stereocenters. The lowest BCUT2D eigenvalue weighted by atomic mass is 10.1. The van der Waals surface area contributed by atoms with Crippen molar-refractivity contribution in [3.63, 3.8) is 0 Å². The minimum atomic E-state index is 0.884. The van der Waals surface area contributed by atoms with Gasteiger partial charge in [0.15, 0.2) is 0 Å². The fourth-order valence-corrected chi connectivity index (χ4v) is 4.33. The number of piperidine rings is 1. The molecule has 6 rings (SSSR count). The maximum Gasteiger partial charge on any atom is 0.0594 e. The lowest BCUT2D eigenvalue weighted by Gasteiger charge is -2.28. The minimum Gasteiger partial charge on any atom is -0.379 e. The smallest absolute Gasteiger partial charge is 0.0594 e. The number of piperazine rings is 1. The van der Waals surface area contributed by atoms with Gasteiger partial charge in [-0.25, -0.2) is 0 Å². The maximum atomic E-state index is 5.10. The molecule has 0 amide bonds. The standard InChI is InChI=1S/C6H14N2.C6H13N.C5H11NO.C5H11N.2C4H9N/c1-7-3-5-8(2)6-4-7;1-7-5-3-2-4-6-7;1-6-2-4-7-5-3-6;1-6-4-2-3-5-6;1-5-3-2-4-5;1-5-4-2-3-4/h3-6H2,1-2H3;2-6H2,1H3;2-5H2,1H3;2-5H2,1H3;2-4H2,1H3;4-5H,2-3H2,1H3. The minimum absolute atomic E-state index is 0.884. The Bertz CT molecular complexity index is 467. The van der Waals surface area contributed by atoms with Crippen molar-refractivity contribution < 1.29 is 4.74 Å². The molecule has 5 saturated heterocycles. The number of nitrogens with zero attached hydrogens (tertiary/aromatic N) is 6. The predicted octanol–water partition coefficient (Wildman–Crippen LogP) is 2.32. The molecule has 8 nitrogen and oxygen atoms in total. The highest BCUT2D eigenvalue weighted by Gasteiger charge is 2.17. The molecule has 6 aliphatic rings. The molecule has 0 bridgehead atoms. The zero-order valence-electron chi connectivity index (χ0n) is 26.7. The molecule has 0 aromatic heterocycles. The van der Waals surface area contributed by atoms with Crippen LogP contribution in [-0.2, 0) is 4.74 Å². The quantitative estimate of drug-likeness (QED) is 0.543. The number of likely N-dealkylation sites (N-methyl/N-ethyl adjacent to an activating group) is 3. The Kier molecular flexibility index (Phi) is 22.0. The SMILES string of the molecule is CN1CCC1.CN1CCCC1.CN1CCCCC1.CN1CCN(C)CC1.CN1CCOCC1.CNC1CC1. The van der Waals surface area contributed by atoms with Crippen LogP contribution >= 0.6 is 0 Å². The summed E-state index contributed by atoms with van der Waals surface area (Å²) in [5, 5.41) is 3.14. The molecule has 38 heavy (non-hydrogen) atoms. The number of morpholine rings is 1. The first kappa shape index (κ1) is 35.7. The molecule has 5 aliphatic heterocycles. The largest absolute Gasteiger partial charge is 0.379 e. The second-order valence-corrected chi connectivity index (χ2v) is 12.1. The van der Waals surface area contributed by atoms with Crippen molar-refractivity contribution in [2.75, 3.05) is 141 Å². The van der Waals surface area contributed by atoms with Gasteiger partial charge in [0.25, 0.3) is 0 Å². The Morgan fingerprint density at radius 2 is 0.737 bits per heavy atom. The van der Waals surface area contributed by atoms with Crippen molar-refractivity contribution in [3.8, 4) is 0 Å². The molecule has 1 saturated carbocycles. The Morgan fingerprint density at radius 3 is 0.895 bits per heavy atom. The predicted molar refractivity (Wildman–Crippen MR) is 166 cm³/mol. The summed E-state index contributed by atoms with van der Waals surface area (Å²) in [7, 11) is 15.0. The number of rotatable bonds is 1. The molecule has 0 radical (unpaired) electrons. The van der Waals surface area contributed by atoms with E-state index in [1.807, 2.05) is 7.05 Å². The van der Waals surface area contributed by atoms with Crippen molar-refractivity contribution in [1.29, 1.82) is 0 Å². The van der Waals surface area contributed by atoms with Crippen LogP contribution in [0.5, 0.6) is 0 Å². The van der Waals surface area contributed by atoms with Crippen LogP contribution in [0.2, 0.25) is 0 Å². The number of hydrogen-bond acceptors (Lipinski definition) is 8. The third-order valence-corrected chi connectivity index (χ3v) is 7.94. The van der Waals surface area contributed by atoms with Crippen LogP contribution in [0.1, 0.15) is 51.4 Å². The Hall–Kier alpha value is -0.320. The summed E-state index contributed by atoms with van der Waals surface area (Å²) in [6.45, 7) is 16.9. The van der Waals surface area contributed by atoms with Crippen LogP contribution in [0.4, 0.5) is 0 Å². The summed E-state index contributed by atoms with van der Waals surface area (Å²) in [4.78, 5) is 14.0. The van der Waals surface area contributed by atoms with E-state index >= 15 is 0 Å². The highest BCUT2D eigenvalue weighted by Crippen LogP contribution is 2.17. The second-order valence-electron chi connectivity index (χ2n) is 12.1. The molecule has 1 N–H and O–H groups in total. The highest BCUT2D eigenvalue weighted by molar-refractivity contribution is 4.78. The van der Waals surface area contributed by atoms with E-state index in [0.29, 0.717) is 0 Å². The van der Waals surface area contributed by atoms with Gasteiger partial charge in [0.1, 0.15) is 0 Å². The molecule has 228 valence electrons. The summed E-state index contributed by atoms with van der Waals surface area (Å²) in [5.74, 6) is 0. The van der Waals surface area contributed by atoms with Crippen LogP contribution in [0.15, 0.2) is 0 Å². The van der Waals surface area contributed by atoms with E-state index in [9.17, 15) is 0 Å². The van der Waals surface area contributed by atoms with Crippen molar-refractivity contribution in [1.82, 2.24) is 34.7 Å². The van der Waals surface area contributed by atoms with Crippen LogP contribution < -0.4 is 5.32 Å². The van der Waals surface area contributed by atoms with Gasteiger partial charge in [-0.3, -0.25) is 0 Å². The van der Waals surface area contributed by atoms with Gasteiger partial charge >= 0.3 is 0 Å². The third-order valence-electron chi connectivity index (χ3n) is 7.94. The van der Waals surface area contributed by atoms with Crippen LogP contribution in [0, 0.1) is 0 Å². The third kappa shape index (κ3) is 22.5. The lowest BCUT2D eigenvalue weighted by Crippen LogP contribution is -2.42. The van der Waals surface area contributed by atoms with Gasteiger partial charge in [0.05, 0.1) is 13.2 Å². The normalized spacial score (nSPS) is 25.3. The molecule has 0 unspecified atom stereocenters. The van der Waals surface area contributed by atoms with Crippen molar-refractivity contribution >= 4 is 0 Å². The maximum absolute atomic E-state index is 5.10. The van der Waals surface area contributed by atoms with Crippen molar-refractivity contribution in [2.45, 2.75) is 57.4 Å². The van der Waals surface area contributed by atoms with Gasteiger partial charge in [-0.15, -0.1) is 0 Å². The van der Waals surface area contributed by atoms with Gasteiger partial charge in [-0.05, 0) is 134 Å². The molecular weight excluding hydrogens is 474 g/mol. The average Bonchev–Trinajstić information content (AvgIpc) is 3.64. The van der Waals surface area contributed by atoms with Gasteiger partial charge < -0.3 is 39.5 Å². The van der Waals surface area contributed by atoms with E-state index in [0.717, 1.165) is 32.3 Å². The molecular formula is C30H67N7O. The van der Waals surface area contributed by atoms with Crippen molar-refractivity contribution in [3.05, 3.63) is 0 Å². The van der Waals surface area contributed by atoms with E-state index < -0.39 is 0 Å². The molecule has 6 fully saturated rings. The van der Waals surface area contributed by atoms with Gasteiger partial charge in [-0.2, -0.15) is 0 Å². The summed E-state index contributed by atoms with van der Waals surface area (Å²) in [5.41, 5.74) is 0. The van der Waals surface area contributed by atoms with Gasteiger partial charge in [0.2, 0.25) is 0 Å². The Balaban J connectivity index is 0.000000230. The fourth-order valence-electron chi connectivity index (χ4n) is 4.33. The van der Waals surface area contributed by atoms with E-state index in [1.165, 1.54) is 117 Å². The molecule has 0 spiro atoms. The molecule has 5 heterocycles. The van der Waals surface area contributed by atoms with Gasteiger partial charge in [-0.1, -0.05) is 6.42 Å². The van der Waals surface area contributed by atoms with Gasteiger partial charge in [0, 0.05) is 45.3 Å². The van der Waals surface area contributed by atoms with Crippen molar-refractivity contribution in [2.24, 2.45) is 0 Å². The molecule has 0 aromatic carbocycles. The fraction of sp³-hybridized carbons (Fsp3) is 1.00.